The van der Waals surface area contributed by atoms with Gasteiger partial charge in [0.05, 0.1) is 22.7 Å². The molecule has 1 aliphatic carbocycles. The lowest BCUT2D eigenvalue weighted by Crippen LogP contribution is -2.46. The highest BCUT2D eigenvalue weighted by molar-refractivity contribution is 5.89. The molecule has 10 heteroatoms. The molecule has 0 unspecified atom stereocenters. The van der Waals surface area contributed by atoms with Crippen molar-refractivity contribution in [3.63, 3.8) is 0 Å². The van der Waals surface area contributed by atoms with Crippen LogP contribution in [0.5, 0.6) is 0 Å². The average molecular weight is 415 g/mol. The van der Waals surface area contributed by atoms with Crippen molar-refractivity contribution < 1.29 is 29.1 Å². The van der Waals surface area contributed by atoms with Crippen LogP contribution in [0.3, 0.4) is 0 Å². The van der Waals surface area contributed by atoms with Crippen molar-refractivity contribution in [3.8, 4) is 0 Å². The normalized spacial score (nSPS) is 30.5. The van der Waals surface area contributed by atoms with Gasteiger partial charge in [0.2, 0.25) is 0 Å². The number of ether oxygens (including phenoxy) is 2. The van der Waals surface area contributed by atoms with Crippen LogP contribution < -0.4 is 5.32 Å². The number of nitrogens with zero attached hydrogens (tertiary/aromatic N) is 2. The molecule has 3 aliphatic rings. The number of aliphatic hydroxyl groups excluding tert-OH is 1. The number of allylic oxidation sites excluding steroid dienone is 1. The number of benzene rings is 1. The molecule has 1 saturated carbocycles. The quantitative estimate of drug-likeness (QED) is 0.437. The Balaban J connectivity index is 1.45. The number of aliphatic hydroxyl groups is 1. The van der Waals surface area contributed by atoms with Gasteiger partial charge in [0.25, 0.3) is 5.69 Å². The second-order valence-electron chi connectivity index (χ2n) is 7.63. The molecule has 10 nitrogen and oxygen atoms in total. The van der Waals surface area contributed by atoms with E-state index in [0.717, 1.165) is 5.57 Å². The van der Waals surface area contributed by atoms with Gasteiger partial charge in [0, 0.05) is 42.8 Å². The van der Waals surface area contributed by atoms with Crippen LogP contribution in [0.1, 0.15) is 30.1 Å². The molecule has 0 radical (unpaired) electrons. The fraction of sp³-hybridized carbons (Fsp3) is 0.400. The van der Waals surface area contributed by atoms with E-state index in [0.29, 0.717) is 12.1 Å². The lowest BCUT2D eigenvalue weighted by Gasteiger charge is -2.31. The summed E-state index contributed by atoms with van der Waals surface area (Å²) in [4.78, 5) is 36.4. The van der Waals surface area contributed by atoms with Crippen LogP contribution in [-0.2, 0) is 9.47 Å². The van der Waals surface area contributed by atoms with Crippen molar-refractivity contribution in [2.45, 2.75) is 44.3 Å². The van der Waals surface area contributed by atoms with Crippen molar-refractivity contribution in [2.75, 3.05) is 0 Å². The standard InChI is InChI=1S/C20H21N3O7/c1-10-9-22(20(26)21-11(10)2)17-7-14-16(8-15(24)18(14)30-17)29-19(25)12-3-5-13(6-4-12)23(27)28/h3-6,9,14-18,24H,2,7-8H2,1H3,(H,21,26)/t14-,15+,16+,17+,18-/m0/s1. The molecule has 5 atom stereocenters. The summed E-state index contributed by atoms with van der Waals surface area (Å²) in [6, 6.07) is 4.75. The van der Waals surface area contributed by atoms with Crippen LogP contribution in [0.2, 0.25) is 0 Å². The number of rotatable bonds is 4. The van der Waals surface area contributed by atoms with E-state index in [2.05, 4.69) is 11.9 Å². The van der Waals surface area contributed by atoms with Gasteiger partial charge in [-0.1, -0.05) is 6.58 Å². The number of hydrogen-bond acceptors (Lipinski definition) is 7. The number of non-ortho nitro benzene ring substituents is 1. The first-order valence-corrected chi connectivity index (χ1v) is 9.50. The zero-order valence-electron chi connectivity index (χ0n) is 16.2. The molecule has 2 N–H and O–H groups in total. The molecule has 0 spiro atoms. The highest BCUT2D eigenvalue weighted by Crippen LogP contribution is 2.42. The van der Waals surface area contributed by atoms with E-state index in [1.807, 2.05) is 6.92 Å². The molecule has 0 bridgehead atoms. The first-order chi connectivity index (χ1) is 14.2. The van der Waals surface area contributed by atoms with Crippen molar-refractivity contribution in [3.05, 3.63) is 64.0 Å². The monoisotopic (exact) mass is 415 g/mol. The fourth-order valence-electron chi connectivity index (χ4n) is 4.08. The van der Waals surface area contributed by atoms with Gasteiger partial charge in [-0.15, -0.1) is 0 Å². The predicted octanol–water partition coefficient (Wildman–Crippen LogP) is 2.06. The smallest absolute Gasteiger partial charge is 0.338 e. The van der Waals surface area contributed by atoms with E-state index in [-0.39, 0.29) is 29.6 Å². The number of hydrogen-bond donors (Lipinski definition) is 2. The number of esters is 1. The first-order valence-electron chi connectivity index (χ1n) is 9.50. The molecule has 2 fully saturated rings. The van der Waals surface area contributed by atoms with Crippen molar-refractivity contribution in [1.29, 1.82) is 0 Å². The van der Waals surface area contributed by atoms with E-state index in [1.165, 1.54) is 29.2 Å². The third-order valence-electron chi connectivity index (χ3n) is 5.72. The fourth-order valence-corrected chi connectivity index (χ4v) is 4.08. The van der Waals surface area contributed by atoms with Gasteiger partial charge in [-0.05, 0) is 24.6 Å². The van der Waals surface area contributed by atoms with Crippen molar-refractivity contribution >= 4 is 17.7 Å². The minimum absolute atomic E-state index is 0.124. The SMILES string of the molecule is C=C1NC(=O)N([C@H]2C[C@@H]3[C@H](O2)[C@H](O)C[C@H]3OC(=O)c2ccc([N+](=O)[O-])cc2)C=C1C. The van der Waals surface area contributed by atoms with E-state index in [1.54, 1.807) is 6.20 Å². The van der Waals surface area contributed by atoms with Crippen molar-refractivity contribution in [1.82, 2.24) is 10.2 Å². The van der Waals surface area contributed by atoms with E-state index in [9.17, 15) is 24.8 Å². The molecule has 1 aromatic carbocycles. The maximum absolute atomic E-state index is 12.5. The number of urea groups is 1. The zero-order chi connectivity index (χ0) is 21.6. The molecule has 2 aliphatic heterocycles. The Morgan fingerprint density at radius 1 is 1.37 bits per heavy atom. The van der Waals surface area contributed by atoms with Gasteiger partial charge in [0.1, 0.15) is 12.3 Å². The van der Waals surface area contributed by atoms with E-state index >= 15 is 0 Å². The second-order valence-corrected chi connectivity index (χ2v) is 7.63. The third-order valence-corrected chi connectivity index (χ3v) is 5.72. The summed E-state index contributed by atoms with van der Waals surface area (Å²) in [6.07, 6.45) is -0.317. The summed E-state index contributed by atoms with van der Waals surface area (Å²) >= 11 is 0. The topological polar surface area (TPSA) is 131 Å². The average Bonchev–Trinajstić information content (AvgIpc) is 3.26. The molecule has 0 aromatic heterocycles. The Bertz CT molecular complexity index is 942. The largest absolute Gasteiger partial charge is 0.458 e. The lowest BCUT2D eigenvalue weighted by atomic mass is 10.0. The van der Waals surface area contributed by atoms with Gasteiger partial charge in [-0.3, -0.25) is 15.0 Å². The van der Waals surface area contributed by atoms with Gasteiger partial charge in [-0.2, -0.15) is 0 Å². The van der Waals surface area contributed by atoms with Gasteiger partial charge in [0.15, 0.2) is 0 Å². The summed E-state index contributed by atoms with van der Waals surface area (Å²) < 4.78 is 11.5. The van der Waals surface area contributed by atoms with Crippen LogP contribution in [0.4, 0.5) is 10.5 Å². The maximum atomic E-state index is 12.5. The Labute approximate surface area is 171 Å². The lowest BCUT2D eigenvalue weighted by molar-refractivity contribution is -0.384. The number of carbonyl (C=O) groups excluding carboxylic acids is 2. The molecule has 1 aromatic rings. The summed E-state index contributed by atoms with van der Waals surface area (Å²) in [5.74, 6) is -0.910. The Hall–Kier alpha value is -3.24. The van der Waals surface area contributed by atoms with Crippen LogP contribution in [-0.4, -0.2) is 51.5 Å². The molecular weight excluding hydrogens is 394 g/mol. The summed E-state index contributed by atoms with van der Waals surface area (Å²) in [5.41, 5.74) is 1.36. The molecule has 2 heterocycles. The highest BCUT2D eigenvalue weighted by Gasteiger charge is 2.53. The molecule has 30 heavy (non-hydrogen) atoms. The van der Waals surface area contributed by atoms with Crippen LogP contribution in [0.15, 0.2) is 48.3 Å². The molecule has 1 saturated heterocycles. The number of amides is 2. The Kier molecular flexibility index (Phi) is 5.04. The zero-order valence-corrected chi connectivity index (χ0v) is 16.2. The minimum Gasteiger partial charge on any atom is -0.458 e. The summed E-state index contributed by atoms with van der Waals surface area (Å²) in [6.45, 7) is 5.58. The molecule has 2 amide bonds. The van der Waals surface area contributed by atoms with Gasteiger partial charge in [-0.25, -0.2) is 9.59 Å². The van der Waals surface area contributed by atoms with E-state index < -0.39 is 35.4 Å². The number of fused-ring (bicyclic) bond motifs is 1. The highest BCUT2D eigenvalue weighted by atomic mass is 16.6. The van der Waals surface area contributed by atoms with Crippen LogP contribution in [0, 0.1) is 16.0 Å². The number of nitro benzene ring substituents is 1. The van der Waals surface area contributed by atoms with Crippen LogP contribution >= 0.6 is 0 Å². The third kappa shape index (κ3) is 3.55. The number of nitrogens with one attached hydrogen (secondary N) is 1. The van der Waals surface area contributed by atoms with Crippen molar-refractivity contribution in [2.24, 2.45) is 5.92 Å². The second kappa shape index (κ2) is 7.54. The van der Waals surface area contributed by atoms with Gasteiger partial charge >= 0.3 is 12.0 Å². The minimum atomic E-state index is -0.831. The number of carbonyl (C=O) groups is 2. The molecular formula is C20H21N3O7. The Morgan fingerprint density at radius 2 is 2.07 bits per heavy atom. The first kappa shape index (κ1) is 20.0. The van der Waals surface area contributed by atoms with Crippen LogP contribution in [0.25, 0.3) is 0 Å². The predicted molar refractivity (Wildman–Crippen MR) is 103 cm³/mol. The Morgan fingerprint density at radius 3 is 2.73 bits per heavy atom. The van der Waals surface area contributed by atoms with Gasteiger partial charge < -0.3 is 19.9 Å². The van der Waals surface area contributed by atoms with E-state index in [4.69, 9.17) is 9.47 Å². The summed E-state index contributed by atoms with van der Waals surface area (Å²) in [5, 5.41) is 23.8. The molecule has 158 valence electrons. The number of nitro groups is 1. The summed E-state index contributed by atoms with van der Waals surface area (Å²) in [7, 11) is 0. The molecule has 4 rings (SSSR count). The maximum Gasteiger partial charge on any atom is 0.338 e.